The van der Waals surface area contributed by atoms with E-state index in [4.69, 9.17) is 4.98 Å². The zero-order valence-electron chi connectivity index (χ0n) is 16.6. The monoisotopic (exact) mass is 375 g/mol. The van der Waals surface area contributed by atoms with Crippen molar-refractivity contribution in [1.29, 1.82) is 0 Å². The van der Waals surface area contributed by atoms with E-state index in [2.05, 4.69) is 63.2 Å². The van der Waals surface area contributed by atoms with Crippen LogP contribution >= 0.6 is 0 Å². The molecule has 1 N–H and O–H groups in total. The molecule has 28 heavy (non-hydrogen) atoms. The lowest BCUT2D eigenvalue weighted by atomic mass is 10.1. The molecule has 0 bridgehead atoms. The van der Waals surface area contributed by atoms with Crippen LogP contribution in [0.5, 0.6) is 0 Å². The molecule has 0 radical (unpaired) electrons. The number of anilines is 4. The van der Waals surface area contributed by atoms with Gasteiger partial charge in [0.15, 0.2) is 5.82 Å². The summed E-state index contributed by atoms with van der Waals surface area (Å²) in [6.07, 6.45) is 3.51. The largest absolute Gasteiger partial charge is 0.353 e. The number of pyridine rings is 1. The van der Waals surface area contributed by atoms with E-state index in [1.54, 1.807) is 6.20 Å². The van der Waals surface area contributed by atoms with Crippen LogP contribution in [0, 0.1) is 20.8 Å². The van der Waals surface area contributed by atoms with Crippen molar-refractivity contribution < 1.29 is 0 Å². The molecule has 1 aromatic carbocycles. The molecule has 1 saturated heterocycles. The molecule has 3 aromatic rings. The highest BCUT2D eigenvalue weighted by Gasteiger charge is 2.20. The van der Waals surface area contributed by atoms with Crippen LogP contribution in [0.1, 0.15) is 16.7 Å². The Balaban J connectivity index is 1.46. The second-order valence-corrected chi connectivity index (χ2v) is 7.20. The molecule has 3 heterocycles. The maximum Gasteiger partial charge on any atom is 0.247 e. The van der Waals surface area contributed by atoms with Gasteiger partial charge in [-0.15, -0.1) is 5.10 Å². The lowest BCUT2D eigenvalue weighted by molar-refractivity contribution is 0.630. The fourth-order valence-corrected chi connectivity index (χ4v) is 3.67. The van der Waals surface area contributed by atoms with Crippen LogP contribution in [-0.4, -0.2) is 46.3 Å². The summed E-state index contributed by atoms with van der Waals surface area (Å²) in [5.74, 6) is 2.39. The molecule has 0 amide bonds. The number of hydrogen-bond acceptors (Lipinski definition) is 7. The van der Waals surface area contributed by atoms with Crippen molar-refractivity contribution in [1.82, 2.24) is 20.2 Å². The van der Waals surface area contributed by atoms with Gasteiger partial charge in [-0.25, -0.2) is 4.98 Å². The first-order valence-corrected chi connectivity index (χ1v) is 9.56. The zero-order valence-corrected chi connectivity index (χ0v) is 16.6. The van der Waals surface area contributed by atoms with E-state index in [9.17, 15) is 0 Å². The minimum atomic E-state index is 0.660. The third kappa shape index (κ3) is 3.88. The van der Waals surface area contributed by atoms with Crippen LogP contribution in [0.25, 0.3) is 0 Å². The molecule has 7 heteroatoms. The first-order valence-electron chi connectivity index (χ1n) is 9.56. The number of nitrogens with zero attached hydrogens (tertiary/aromatic N) is 6. The lowest BCUT2D eigenvalue weighted by Crippen LogP contribution is -2.47. The van der Waals surface area contributed by atoms with E-state index in [0.717, 1.165) is 37.7 Å². The van der Waals surface area contributed by atoms with Crippen molar-refractivity contribution in [3.05, 3.63) is 59.4 Å². The summed E-state index contributed by atoms with van der Waals surface area (Å²) < 4.78 is 0. The van der Waals surface area contributed by atoms with E-state index < -0.39 is 0 Å². The smallest absolute Gasteiger partial charge is 0.247 e. The third-order valence-electron chi connectivity index (χ3n) is 5.01. The Kier molecular flexibility index (Phi) is 5.06. The Bertz CT molecular complexity index is 927. The Morgan fingerprint density at radius 2 is 1.64 bits per heavy atom. The van der Waals surface area contributed by atoms with Gasteiger partial charge in [-0.2, -0.15) is 10.1 Å². The van der Waals surface area contributed by atoms with Crippen molar-refractivity contribution >= 4 is 23.3 Å². The molecular formula is C21H25N7. The fraction of sp³-hybridized carbons (Fsp3) is 0.333. The molecule has 1 aliphatic heterocycles. The molecule has 2 aromatic heterocycles. The second-order valence-electron chi connectivity index (χ2n) is 7.20. The maximum atomic E-state index is 4.70. The first kappa shape index (κ1) is 18.2. The number of rotatable bonds is 4. The number of piperazine rings is 1. The van der Waals surface area contributed by atoms with Crippen molar-refractivity contribution in [3.63, 3.8) is 0 Å². The highest BCUT2D eigenvalue weighted by molar-refractivity contribution is 5.65. The van der Waals surface area contributed by atoms with Gasteiger partial charge in [0.2, 0.25) is 5.95 Å². The van der Waals surface area contributed by atoms with Gasteiger partial charge in [-0.1, -0.05) is 23.8 Å². The Labute approximate surface area is 165 Å². The lowest BCUT2D eigenvalue weighted by Gasteiger charge is -2.35. The molecule has 0 atom stereocenters. The predicted octanol–water partition coefficient (Wildman–Crippen LogP) is 3.26. The van der Waals surface area contributed by atoms with Crippen molar-refractivity contribution in [3.8, 4) is 0 Å². The average molecular weight is 375 g/mol. The van der Waals surface area contributed by atoms with Crippen molar-refractivity contribution in [2.24, 2.45) is 0 Å². The van der Waals surface area contributed by atoms with Gasteiger partial charge in [0.25, 0.3) is 0 Å². The molecule has 144 valence electrons. The first-order chi connectivity index (χ1) is 13.6. The molecular weight excluding hydrogens is 350 g/mol. The van der Waals surface area contributed by atoms with Crippen LogP contribution < -0.4 is 15.1 Å². The van der Waals surface area contributed by atoms with Gasteiger partial charge in [-0.05, 0) is 44.0 Å². The van der Waals surface area contributed by atoms with E-state index >= 15 is 0 Å². The van der Waals surface area contributed by atoms with E-state index in [0.29, 0.717) is 11.8 Å². The topological polar surface area (TPSA) is 70.1 Å². The van der Waals surface area contributed by atoms with E-state index in [-0.39, 0.29) is 0 Å². The molecule has 1 aliphatic rings. The summed E-state index contributed by atoms with van der Waals surface area (Å²) >= 11 is 0. The highest BCUT2D eigenvalue weighted by Crippen LogP contribution is 2.25. The SMILES string of the molecule is Cc1cc(C)c(Nc2cnnc(N3CCN(c4ccccn4)CC3)n2)c(C)c1. The summed E-state index contributed by atoms with van der Waals surface area (Å²) in [6, 6.07) is 10.3. The highest BCUT2D eigenvalue weighted by atomic mass is 15.4. The van der Waals surface area contributed by atoms with E-state index in [1.807, 2.05) is 24.4 Å². The van der Waals surface area contributed by atoms with Crippen LogP contribution in [0.3, 0.4) is 0 Å². The molecule has 0 unspecified atom stereocenters. The normalized spacial score (nSPS) is 14.2. The zero-order chi connectivity index (χ0) is 19.5. The Hall–Kier alpha value is -3.22. The average Bonchev–Trinajstić information content (AvgIpc) is 2.72. The minimum Gasteiger partial charge on any atom is -0.353 e. The van der Waals surface area contributed by atoms with Gasteiger partial charge in [0, 0.05) is 38.1 Å². The summed E-state index contributed by atoms with van der Waals surface area (Å²) in [5, 5.41) is 11.8. The van der Waals surface area contributed by atoms with Crippen LogP contribution in [-0.2, 0) is 0 Å². The number of hydrogen-bond donors (Lipinski definition) is 1. The molecule has 0 spiro atoms. The second kappa shape index (κ2) is 7.80. The molecule has 0 aliphatic carbocycles. The standard InChI is InChI=1S/C21H25N7/c1-15-12-16(2)20(17(3)13-15)24-18-14-23-26-21(25-18)28-10-8-27(9-11-28)19-6-4-5-7-22-19/h4-7,12-14H,8-11H2,1-3H3,(H,24,25,26). The summed E-state index contributed by atoms with van der Waals surface area (Å²) in [5.41, 5.74) is 4.73. The summed E-state index contributed by atoms with van der Waals surface area (Å²) in [7, 11) is 0. The molecule has 1 fully saturated rings. The molecule has 4 rings (SSSR count). The number of benzene rings is 1. The van der Waals surface area contributed by atoms with Crippen molar-refractivity contribution in [2.75, 3.05) is 41.3 Å². The van der Waals surface area contributed by atoms with Crippen LogP contribution in [0.15, 0.2) is 42.7 Å². The predicted molar refractivity (Wildman–Crippen MR) is 112 cm³/mol. The van der Waals surface area contributed by atoms with Gasteiger partial charge in [0.05, 0.1) is 6.20 Å². The van der Waals surface area contributed by atoms with Gasteiger partial charge < -0.3 is 15.1 Å². The number of nitrogens with one attached hydrogen (secondary N) is 1. The van der Waals surface area contributed by atoms with Gasteiger partial charge in [0.1, 0.15) is 5.82 Å². The van der Waals surface area contributed by atoms with Gasteiger partial charge >= 0.3 is 0 Å². The van der Waals surface area contributed by atoms with E-state index in [1.165, 1.54) is 16.7 Å². The third-order valence-corrected chi connectivity index (χ3v) is 5.01. The number of aromatic nitrogens is 4. The quantitative estimate of drug-likeness (QED) is 0.750. The Morgan fingerprint density at radius 3 is 2.32 bits per heavy atom. The minimum absolute atomic E-state index is 0.660. The van der Waals surface area contributed by atoms with Crippen molar-refractivity contribution in [2.45, 2.75) is 20.8 Å². The van der Waals surface area contributed by atoms with Gasteiger partial charge in [-0.3, -0.25) is 0 Å². The maximum absolute atomic E-state index is 4.70. The summed E-state index contributed by atoms with van der Waals surface area (Å²) in [6.45, 7) is 9.76. The molecule has 7 nitrogen and oxygen atoms in total. The number of aryl methyl sites for hydroxylation is 3. The summed E-state index contributed by atoms with van der Waals surface area (Å²) in [4.78, 5) is 13.6. The molecule has 0 saturated carbocycles. The fourth-order valence-electron chi connectivity index (χ4n) is 3.67. The van der Waals surface area contributed by atoms with Crippen LogP contribution in [0.2, 0.25) is 0 Å². The van der Waals surface area contributed by atoms with Crippen LogP contribution in [0.4, 0.5) is 23.3 Å². The Morgan fingerprint density at radius 1 is 0.929 bits per heavy atom.